The smallest absolute Gasteiger partial charge is 0.258 e. The van der Waals surface area contributed by atoms with Crippen molar-refractivity contribution in [3.05, 3.63) is 28.8 Å². The number of piperazine rings is 1. The van der Waals surface area contributed by atoms with Crippen LogP contribution in [-0.2, 0) is 6.54 Å². The van der Waals surface area contributed by atoms with Gasteiger partial charge in [0.05, 0.1) is 23.5 Å². The van der Waals surface area contributed by atoms with Crippen molar-refractivity contribution in [3.8, 4) is 0 Å². The molecular weight excluding hydrogens is 314 g/mol. The summed E-state index contributed by atoms with van der Waals surface area (Å²) in [5.41, 5.74) is 2.40. The molecule has 0 atom stereocenters. The van der Waals surface area contributed by atoms with Gasteiger partial charge in [0.25, 0.3) is 5.91 Å². The number of carbonyl (C=O) groups excluding carboxylic acids is 1. The van der Waals surface area contributed by atoms with Crippen LogP contribution in [0.5, 0.6) is 0 Å². The molecule has 7 nitrogen and oxygen atoms in total. The first-order valence-corrected chi connectivity index (χ1v) is 8.43. The maximum absolute atomic E-state index is 12.7. The Morgan fingerprint density at radius 1 is 1.35 bits per heavy atom. The van der Waals surface area contributed by atoms with Gasteiger partial charge >= 0.3 is 0 Å². The highest BCUT2D eigenvalue weighted by atomic mass is 32.1. The molecule has 3 heterocycles. The standard InChI is InChI=1S/C15H21N5O2S/c1-10-8-12(22-17-10)9-19-4-6-20(7-5-19)15(21)13-11(2)18-23-14(13)16-3/h8,16H,4-7,9H2,1-3H3. The summed E-state index contributed by atoms with van der Waals surface area (Å²) in [7, 11) is 1.82. The molecule has 23 heavy (non-hydrogen) atoms. The molecule has 8 heteroatoms. The largest absolute Gasteiger partial charge is 0.378 e. The molecule has 2 aromatic heterocycles. The lowest BCUT2D eigenvalue weighted by molar-refractivity contribution is 0.0618. The van der Waals surface area contributed by atoms with Gasteiger partial charge in [0, 0.05) is 39.3 Å². The number of hydrogen-bond acceptors (Lipinski definition) is 7. The molecule has 1 amide bonds. The Balaban J connectivity index is 1.60. The number of aromatic nitrogens is 2. The Morgan fingerprint density at radius 3 is 2.70 bits per heavy atom. The molecule has 0 saturated carbocycles. The minimum atomic E-state index is 0.0655. The van der Waals surface area contributed by atoms with Crippen LogP contribution in [0.3, 0.4) is 0 Å². The molecule has 0 unspecified atom stereocenters. The van der Waals surface area contributed by atoms with Crippen molar-refractivity contribution in [1.29, 1.82) is 0 Å². The first-order valence-electron chi connectivity index (χ1n) is 7.66. The number of nitrogens with zero attached hydrogens (tertiary/aromatic N) is 4. The lowest BCUT2D eigenvalue weighted by Gasteiger charge is -2.34. The van der Waals surface area contributed by atoms with Gasteiger partial charge in [-0.1, -0.05) is 5.16 Å². The molecule has 1 N–H and O–H groups in total. The molecule has 1 saturated heterocycles. The highest BCUT2D eigenvalue weighted by Crippen LogP contribution is 2.25. The third-order valence-corrected chi connectivity index (χ3v) is 4.98. The van der Waals surface area contributed by atoms with Crippen LogP contribution in [0.25, 0.3) is 0 Å². The fraction of sp³-hybridized carbons (Fsp3) is 0.533. The predicted octanol–water partition coefficient (Wildman–Crippen LogP) is 1.75. The molecule has 0 aliphatic carbocycles. The van der Waals surface area contributed by atoms with Gasteiger partial charge in [-0.25, -0.2) is 0 Å². The SMILES string of the molecule is CNc1snc(C)c1C(=O)N1CCN(Cc2cc(C)no2)CC1. The Morgan fingerprint density at radius 2 is 2.09 bits per heavy atom. The fourth-order valence-corrected chi connectivity index (χ4v) is 3.51. The van der Waals surface area contributed by atoms with Crippen molar-refractivity contribution in [1.82, 2.24) is 19.3 Å². The van der Waals surface area contributed by atoms with Gasteiger partial charge in [0.1, 0.15) is 5.00 Å². The third kappa shape index (κ3) is 3.37. The summed E-state index contributed by atoms with van der Waals surface area (Å²) in [6.45, 7) is 7.62. The lowest BCUT2D eigenvalue weighted by Crippen LogP contribution is -2.48. The fourth-order valence-electron chi connectivity index (χ4n) is 2.77. The second-order valence-electron chi connectivity index (χ2n) is 5.73. The average Bonchev–Trinajstić information content (AvgIpc) is 3.13. The topological polar surface area (TPSA) is 74.5 Å². The van der Waals surface area contributed by atoms with Gasteiger partial charge in [-0.05, 0) is 25.4 Å². The van der Waals surface area contributed by atoms with E-state index in [-0.39, 0.29) is 5.91 Å². The lowest BCUT2D eigenvalue weighted by atomic mass is 10.2. The van der Waals surface area contributed by atoms with Crippen molar-refractivity contribution in [2.24, 2.45) is 0 Å². The molecule has 0 spiro atoms. The van der Waals surface area contributed by atoms with Crippen LogP contribution in [0, 0.1) is 13.8 Å². The van der Waals surface area contributed by atoms with E-state index in [1.54, 1.807) is 0 Å². The van der Waals surface area contributed by atoms with E-state index in [4.69, 9.17) is 4.52 Å². The van der Waals surface area contributed by atoms with Crippen LogP contribution in [0.4, 0.5) is 5.00 Å². The Kier molecular flexibility index (Phi) is 4.63. The van der Waals surface area contributed by atoms with E-state index in [1.807, 2.05) is 31.9 Å². The molecule has 124 valence electrons. The van der Waals surface area contributed by atoms with Crippen LogP contribution in [0.2, 0.25) is 0 Å². The molecule has 1 fully saturated rings. The van der Waals surface area contributed by atoms with Crippen molar-refractivity contribution >= 4 is 22.4 Å². The Hall–Kier alpha value is -1.93. The summed E-state index contributed by atoms with van der Waals surface area (Å²) >= 11 is 1.33. The monoisotopic (exact) mass is 335 g/mol. The molecule has 0 aromatic carbocycles. The van der Waals surface area contributed by atoms with Gasteiger partial charge in [-0.2, -0.15) is 4.37 Å². The van der Waals surface area contributed by atoms with E-state index < -0.39 is 0 Å². The summed E-state index contributed by atoms with van der Waals surface area (Å²) < 4.78 is 9.54. The number of anilines is 1. The minimum Gasteiger partial charge on any atom is -0.378 e. The summed E-state index contributed by atoms with van der Waals surface area (Å²) in [4.78, 5) is 16.9. The van der Waals surface area contributed by atoms with Crippen molar-refractivity contribution in [2.75, 3.05) is 38.5 Å². The van der Waals surface area contributed by atoms with E-state index in [2.05, 4.69) is 19.7 Å². The summed E-state index contributed by atoms with van der Waals surface area (Å²) in [6.07, 6.45) is 0. The van der Waals surface area contributed by atoms with E-state index in [9.17, 15) is 4.79 Å². The van der Waals surface area contributed by atoms with Crippen LogP contribution < -0.4 is 5.32 Å². The number of rotatable bonds is 4. The number of aryl methyl sites for hydroxylation is 2. The molecule has 3 rings (SSSR count). The summed E-state index contributed by atoms with van der Waals surface area (Å²) in [6, 6.07) is 1.96. The van der Waals surface area contributed by atoms with Gasteiger partial charge in [0.2, 0.25) is 0 Å². The van der Waals surface area contributed by atoms with Crippen molar-refractivity contribution in [2.45, 2.75) is 20.4 Å². The molecule has 1 aliphatic heterocycles. The van der Waals surface area contributed by atoms with E-state index in [0.29, 0.717) is 18.7 Å². The number of amides is 1. The summed E-state index contributed by atoms with van der Waals surface area (Å²) in [5, 5.41) is 7.81. The van der Waals surface area contributed by atoms with Gasteiger partial charge in [-0.15, -0.1) is 0 Å². The van der Waals surface area contributed by atoms with Gasteiger partial charge in [0.15, 0.2) is 5.76 Å². The van der Waals surface area contributed by atoms with Crippen molar-refractivity contribution < 1.29 is 9.32 Å². The first-order chi connectivity index (χ1) is 11.1. The number of carbonyl (C=O) groups is 1. The average molecular weight is 335 g/mol. The first kappa shape index (κ1) is 15.9. The van der Waals surface area contributed by atoms with Crippen LogP contribution in [0.1, 0.15) is 27.5 Å². The van der Waals surface area contributed by atoms with Crippen LogP contribution in [0.15, 0.2) is 10.6 Å². The van der Waals surface area contributed by atoms with E-state index >= 15 is 0 Å². The minimum absolute atomic E-state index is 0.0655. The van der Waals surface area contributed by atoms with Crippen LogP contribution >= 0.6 is 11.5 Å². The zero-order valence-electron chi connectivity index (χ0n) is 13.6. The van der Waals surface area contributed by atoms with E-state index in [0.717, 1.165) is 41.8 Å². The maximum Gasteiger partial charge on any atom is 0.258 e. The van der Waals surface area contributed by atoms with Crippen molar-refractivity contribution in [3.63, 3.8) is 0 Å². The zero-order valence-corrected chi connectivity index (χ0v) is 14.4. The maximum atomic E-state index is 12.7. The second-order valence-corrected chi connectivity index (χ2v) is 6.50. The zero-order chi connectivity index (χ0) is 16.4. The molecule has 1 aliphatic rings. The number of hydrogen-bond donors (Lipinski definition) is 1. The second kappa shape index (κ2) is 6.67. The van der Waals surface area contributed by atoms with Crippen LogP contribution in [-0.4, -0.2) is 58.5 Å². The normalized spacial score (nSPS) is 15.9. The van der Waals surface area contributed by atoms with Gasteiger partial charge in [-0.3, -0.25) is 9.69 Å². The highest BCUT2D eigenvalue weighted by molar-refractivity contribution is 7.10. The number of nitrogens with one attached hydrogen (secondary N) is 1. The molecular formula is C15H21N5O2S. The predicted molar refractivity (Wildman–Crippen MR) is 88.8 cm³/mol. The molecule has 0 bridgehead atoms. The van der Waals surface area contributed by atoms with Gasteiger partial charge < -0.3 is 14.7 Å². The Bertz CT molecular complexity index is 688. The summed E-state index contributed by atoms with van der Waals surface area (Å²) in [5.74, 6) is 0.938. The molecule has 2 aromatic rings. The molecule has 0 radical (unpaired) electrons. The van der Waals surface area contributed by atoms with E-state index in [1.165, 1.54) is 11.5 Å². The highest BCUT2D eigenvalue weighted by Gasteiger charge is 2.27. The quantitative estimate of drug-likeness (QED) is 0.917. The Labute approximate surface area is 139 Å². The third-order valence-electron chi connectivity index (χ3n) is 4.02.